The van der Waals surface area contributed by atoms with Crippen LogP contribution in [-0.4, -0.2) is 54.5 Å². The molecule has 5 nitrogen and oxygen atoms in total. The van der Waals surface area contributed by atoms with E-state index in [0.29, 0.717) is 25.4 Å². The Balaban J connectivity index is 1.96. The van der Waals surface area contributed by atoms with E-state index in [9.17, 15) is 9.18 Å². The fraction of sp³-hybridized carbons (Fsp3) is 0.562. The third-order valence-electron chi connectivity index (χ3n) is 3.85. The van der Waals surface area contributed by atoms with Crippen LogP contribution in [0.15, 0.2) is 18.2 Å². The highest BCUT2D eigenvalue weighted by molar-refractivity contribution is 5.85. The summed E-state index contributed by atoms with van der Waals surface area (Å²) in [6.07, 6.45) is 0. The van der Waals surface area contributed by atoms with Gasteiger partial charge in [-0.3, -0.25) is 9.69 Å². The molecule has 0 aromatic heterocycles. The summed E-state index contributed by atoms with van der Waals surface area (Å²) >= 11 is 0. The van der Waals surface area contributed by atoms with E-state index in [-0.39, 0.29) is 11.7 Å². The quantitative estimate of drug-likeness (QED) is 0.908. The van der Waals surface area contributed by atoms with Gasteiger partial charge in [-0.15, -0.1) is 0 Å². The second-order valence-electron chi connectivity index (χ2n) is 6.25. The first kappa shape index (κ1) is 16.7. The maximum atomic E-state index is 13.4. The molecule has 22 heavy (non-hydrogen) atoms. The molecular formula is C16H24FN3O2. The van der Waals surface area contributed by atoms with Crippen LogP contribution in [0.1, 0.15) is 19.4 Å². The predicted octanol–water partition coefficient (Wildman–Crippen LogP) is 1.22. The van der Waals surface area contributed by atoms with Crippen LogP contribution in [0.2, 0.25) is 0 Å². The minimum atomic E-state index is -0.839. The molecule has 2 N–H and O–H groups in total. The highest BCUT2D eigenvalue weighted by Crippen LogP contribution is 2.22. The van der Waals surface area contributed by atoms with E-state index in [1.807, 2.05) is 0 Å². The van der Waals surface area contributed by atoms with Crippen LogP contribution in [0.3, 0.4) is 0 Å². The minimum absolute atomic E-state index is 0.0320. The molecule has 122 valence electrons. The van der Waals surface area contributed by atoms with Gasteiger partial charge >= 0.3 is 0 Å². The van der Waals surface area contributed by atoms with E-state index >= 15 is 0 Å². The highest BCUT2D eigenvalue weighted by Gasteiger charge is 2.30. The van der Waals surface area contributed by atoms with Gasteiger partial charge in [0.25, 0.3) is 0 Å². The fourth-order valence-corrected chi connectivity index (χ4v) is 2.63. The van der Waals surface area contributed by atoms with Gasteiger partial charge in [0.05, 0.1) is 12.6 Å². The van der Waals surface area contributed by atoms with Gasteiger partial charge in [-0.25, -0.2) is 4.39 Å². The number of benzene rings is 1. The standard InChI is InChI=1S/C16H24FN3O2/c1-16(2,18)15(21)20-8-6-19(7-9-20)11-12-10-13(17)4-5-14(12)22-3/h4-5,10H,6-9,11,18H2,1-3H3. The Morgan fingerprint density at radius 1 is 1.32 bits per heavy atom. The molecule has 0 unspecified atom stereocenters. The Morgan fingerprint density at radius 2 is 1.95 bits per heavy atom. The number of ether oxygens (including phenoxy) is 1. The summed E-state index contributed by atoms with van der Waals surface area (Å²) in [5, 5.41) is 0. The van der Waals surface area contributed by atoms with Gasteiger partial charge in [0.1, 0.15) is 11.6 Å². The number of carbonyl (C=O) groups excluding carboxylic acids is 1. The lowest BCUT2D eigenvalue weighted by molar-refractivity contribution is -0.137. The molecule has 1 fully saturated rings. The number of rotatable bonds is 4. The van der Waals surface area contributed by atoms with E-state index in [1.165, 1.54) is 12.1 Å². The van der Waals surface area contributed by atoms with Gasteiger partial charge in [0.2, 0.25) is 5.91 Å². The van der Waals surface area contributed by atoms with Crippen LogP contribution >= 0.6 is 0 Å². The summed E-state index contributed by atoms with van der Waals surface area (Å²) < 4.78 is 18.7. The van der Waals surface area contributed by atoms with Crippen molar-refractivity contribution in [3.63, 3.8) is 0 Å². The van der Waals surface area contributed by atoms with Crippen molar-refractivity contribution >= 4 is 5.91 Å². The number of amides is 1. The molecule has 1 aliphatic heterocycles. The van der Waals surface area contributed by atoms with Gasteiger partial charge in [-0.2, -0.15) is 0 Å². The van der Waals surface area contributed by atoms with Gasteiger partial charge < -0.3 is 15.4 Å². The van der Waals surface area contributed by atoms with Gasteiger partial charge in [-0.1, -0.05) is 0 Å². The van der Waals surface area contributed by atoms with Crippen LogP contribution in [-0.2, 0) is 11.3 Å². The summed E-state index contributed by atoms with van der Waals surface area (Å²) in [6.45, 7) is 6.80. The van der Waals surface area contributed by atoms with Crippen molar-refractivity contribution in [1.82, 2.24) is 9.80 Å². The highest BCUT2D eigenvalue weighted by atomic mass is 19.1. The van der Waals surface area contributed by atoms with E-state index in [0.717, 1.165) is 18.7 Å². The van der Waals surface area contributed by atoms with Crippen molar-refractivity contribution in [1.29, 1.82) is 0 Å². The molecule has 2 rings (SSSR count). The topological polar surface area (TPSA) is 58.8 Å². The zero-order valence-electron chi connectivity index (χ0n) is 13.4. The molecule has 0 radical (unpaired) electrons. The largest absolute Gasteiger partial charge is 0.496 e. The van der Waals surface area contributed by atoms with Crippen LogP contribution < -0.4 is 10.5 Å². The molecule has 1 amide bonds. The Morgan fingerprint density at radius 3 is 2.50 bits per heavy atom. The summed E-state index contributed by atoms with van der Waals surface area (Å²) in [6, 6.07) is 4.53. The van der Waals surface area contributed by atoms with Crippen molar-refractivity contribution in [2.45, 2.75) is 25.9 Å². The van der Waals surface area contributed by atoms with Gasteiger partial charge in [-0.05, 0) is 32.0 Å². The number of nitrogens with two attached hydrogens (primary N) is 1. The third-order valence-corrected chi connectivity index (χ3v) is 3.85. The summed E-state index contributed by atoms with van der Waals surface area (Å²) in [7, 11) is 1.58. The maximum Gasteiger partial charge on any atom is 0.242 e. The van der Waals surface area contributed by atoms with Crippen LogP contribution in [0, 0.1) is 5.82 Å². The number of nitrogens with zero attached hydrogens (tertiary/aromatic N) is 2. The molecule has 6 heteroatoms. The van der Waals surface area contributed by atoms with Gasteiger partial charge in [0, 0.05) is 38.3 Å². The average molecular weight is 309 g/mol. The number of carbonyl (C=O) groups is 1. The Labute approximate surface area is 130 Å². The van der Waals surface area contributed by atoms with Crippen LogP contribution in [0.25, 0.3) is 0 Å². The zero-order valence-corrected chi connectivity index (χ0v) is 13.4. The van der Waals surface area contributed by atoms with E-state index < -0.39 is 5.54 Å². The van der Waals surface area contributed by atoms with E-state index in [2.05, 4.69) is 4.90 Å². The lowest BCUT2D eigenvalue weighted by Gasteiger charge is -2.37. The third kappa shape index (κ3) is 3.96. The summed E-state index contributed by atoms with van der Waals surface area (Å²) in [5.74, 6) is 0.382. The molecule has 1 aromatic carbocycles. The lowest BCUT2D eigenvalue weighted by Crippen LogP contribution is -2.56. The lowest BCUT2D eigenvalue weighted by atomic mass is 10.0. The molecule has 0 atom stereocenters. The van der Waals surface area contributed by atoms with Crippen LogP contribution in [0.5, 0.6) is 5.75 Å². The number of hydrogen-bond donors (Lipinski definition) is 1. The monoisotopic (exact) mass is 309 g/mol. The number of halogens is 1. The van der Waals surface area contributed by atoms with Crippen LogP contribution in [0.4, 0.5) is 4.39 Å². The number of methoxy groups -OCH3 is 1. The normalized spacial score (nSPS) is 16.7. The minimum Gasteiger partial charge on any atom is -0.496 e. The molecule has 1 heterocycles. The molecule has 0 saturated carbocycles. The SMILES string of the molecule is COc1ccc(F)cc1CN1CCN(C(=O)C(C)(C)N)CC1. The Kier molecular flexibility index (Phi) is 5.03. The molecule has 0 bridgehead atoms. The predicted molar refractivity (Wildman–Crippen MR) is 83.1 cm³/mol. The van der Waals surface area contributed by atoms with Crippen molar-refractivity contribution in [3.05, 3.63) is 29.6 Å². The maximum absolute atomic E-state index is 13.4. The van der Waals surface area contributed by atoms with Crippen molar-refractivity contribution in [2.24, 2.45) is 5.73 Å². The summed E-state index contributed by atoms with van der Waals surface area (Å²) in [4.78, 5) is 16.1. The first-order valence-corrected chi connectivity index (χ1v) is 7.44. The van der Waals surface area contributed by atoms with E-state index in [1.54, 1.807) is 31.9 Å². The Hall–Kier alpha value is -1.66. The van der Waals surface area contributed by atoms with Crippen molar-refractivity contribution in [3.8, 4) is 5.75 Å². The molecule has 1 aromatic rings. The fourth-order valence-electron chi connectivity index (χ4n) is 2.63. The number of hydrogen-bond acceptors (Lipinski definition) is 4. The molecule has 0 spiro atoms. The average Bonchev–Trinajstić information content (AvgIpc) is 2.46. The first-order chi connectivity index (χ1) is 10.3. The van der Waals surface area contributed by atoms with Gasteiger partial charge in [0.15, 0.2) is 0 Å². The smallest absolute Gasteiger partial charge is 0.242 e. The second-order valence-corrected chi connectivity index (χ2v) is 6.25. The molecular weight excluding hydrogens is 285 g/mol. The summed E-state index contributed by atoms with van der Waals surface area (Å²) in [5.41, 5.74) is 5.84. The van der Waals surface area contributed by atoms with Crippen molar-refractivity contribution < 1.29 is 13.9 Å². The first-order valence-electron chi connectivity index (χ1n) is 7.44. The van der Waals surface area contributed by atoms with Crippen molar-refractivity contribution in [2.75, 3.05) is 33.3 Å². The Bertz CT molecular complexity index is 535. The van der Waals surface area contributed by atoms with E-state index in [4.69, 9.17) is 10.5 Å². The second kappa shape index (κ2) is 6.62. The zero-order chi connectivity index (χ0) is 16.3. The molecule has 1 saturated heterocycles. The molecule has 1 aliphatic rings. The number of piperazine rings is 1. The molecule has 0 aliphatic carbocycles.